The number of ether oxygens (including phenoxy) is 1. The molecule has 1 fully saturated rings. The Morgan fingerprint density at radius 3 is 2.42 bits per heavy atom. The van der Waals surface area contributed by atoms with Crippen LogP contribution in [0.4, 0.5) is 0 Å². The lowest BCUT2D eigenvalue weighted by atomic mass is 10.1. The van der Waals surface area contributed by atoms with Gasteiger partial charge >= 0.3 is 5.69 Å². The molecule has 0 atom stereocenters. The molecule has 4 rings (SSSR count). The van der Waals surface area contributed by atoms with Crippen LogP contribution in [0.15, 0.2) is 34.1 Å². The van der Waals surface area contributed by atoms with E-state index in [0.29, 0.717) is 43.6 Å². The van der Waals surface area contributed by atoms with Gasteiger partial charge in [-0.05, 0) is 31.4 Å². The average Bonchev–Trinajstić information content (AvgIpc) is 3.23. The summed E-state index contributed by atoms with van der Waals surface area (Å²) in [4.78, 5) is 43.5. The van der Waals surface area contributed by atoms with Gasteiger partial charge in [-0.25, -0.2) is 9.78 Å². The first-order valence-electron chi connectivity index (χ1n) is 11.4. The third-order valence-corrected chi connectivity index (χ3v) is 6.49. The fourth-order valence-corrected chi connectivity index (χ4v) is 4.50. The van der Waals surface area contributed by atoms with Gasteiger partial charge in [0.15, 0.2) is 11.2 Å². The summed E-state index contributed by atoms with van der Waals surface area (Å²) in [5.41, 5.74) is 2.24. The average molecular weight is 454 g/mol. The molecule has 3 aromatic rings. The Labute approximate surface area is 192 Å². The number of nitrogens with zero attached hydrogens (tertiary/aromatic N) is 5. The topological polar surface area (TPSA) is 91.4 Å². The number of carbonyl (C=O) groups excluding carboxylic acids is 1. The van der Waals surface area contributed by atoms with Crippen molar-refractivity contribution in [2.45, 2.75) is 52.2 Å². The maximum atomic E-state index is 12.7. The van der Waals surface area contributed by atoms with E-state index in [0.717, 1.165) is 34.3 Å². The summed E-state index contributed by atoms with van der Waals surface area (Å²) < 4.78 is 10.4. The summed E-state index contributed by atoms with van der Waals surface area (Å²) in [6.07, 6.45) is 4.30. The van der Waals surface area contributed by atoms with Crippen molar-refractivity contribution in [1.82, 2.24) is 23.6 Å². The van der Waals surface area contributed by atoms with Crippen LogP contribution in [-0.4, -0.2) is 48.7 Å². The Hall–Kier alpha value is -3.36. The van der Waals surface area contributed by atoms with E-state index in [1.165, 1.54) is 11.6 Å². The lowest BCUT2D eigenvalue weighted by Gasteiger charge is -2.33. The summed E-state index contributed by atoms with van der Waals surface area (Å²) in [6.45, 7) is 5.97. The van der Waals surface area contributed by atoms with Crippen LogP contribution in [0.1, 0.15) is 36.8 Å². The number of carbonyl (C=O) groups is 1. The quantitative estimate of drug-likeness (QED) is 0.569. The lowest BCUT2D eigenvalue weighted by molar-refractivity contribution is -0.133. The van der Waals surface area contributed by atoms with Crippen LogP contribution in [0.5, 0.6) is 5.75 Å². The van der Waals surface area contributed by atoms with Gasteiger partial charge in [-0.2, -0.15) is 0 Å². The normalized spacial score (nSPS) is 14.7. The third-order valence-electron chi connectivity index (χ3n) is 6.49. The molecule has 0 aliphatic carbocycles. The molecular weight excluding hydrogens is 422 g/mol. The molecule has 9 nitrogen and oxygen atoms in total. The van der Waals surface area contributed by atoms with Crippen molar-refractivity contribution in [3.63, 3.8) is 0 Å². The van der Waals surface area contributed by atoms with Crippen LogP contribution in [-0.2, 0) is 25.4 Å². The number of amides is 1. The highest BCUT2D eigenvalue weighted by Crippen LogP contribution is 2.26. The van der Waals surface area contributed by atoms with E-state index < -0.39 is 5.69 Å². The molecule has 0 spiro atoms. The largest absolute Gasteiger partial charge is 0.490 e. The summed E-state index contributed by atoms with van der Waals surface area (Å²) >= 11 is 0. The minimum atomic E-state index is -0.405. The first kappa shape index (κ1) is 22.8. The van der Waals surface area contributed by atoms with Gasteiger partial charge in [0, 0.05) is 53.0 Å². The molecule has 0 N–H and O–H groups in total. The molecule has 1 aliphatic heterocycles. The van der Waals surface area contributed by atoms with E-state index in [4.69, 9.17) is 4.74 Å². The molecule has 0 bridgehead atoms. The fourth-order valence-electron chi connectivity index (χ4n) is 4.50. The van der Waals surface area contributed by atoms with Crippen molar-refractivity contribution >= 4 is 17.1 Å². The first-order valence-corrected chi connectivity index (χ1v) is 11.4. The van der Waals surface area contributed by atoms with Crippen LogP contribution in [0.2, 0.25) is 0 Å². The lowest BCUT2D eigenvalue weighted by Crippen LogP contribution is -2.41. The van der Waals surface area contributed by atoms with Crippen molar-refractivity contribution in [2.24, 2.45) is 14.1 Å². The van der Waals surface area contributed by atoms with Gasteiger partial charge in [0.25, 0.3) is 5.56 Å². The number of hydrogen-bond donors (Lipinski definition) is 0. The summed E-state index contributed by atoms with van der Waals surface area (Å²) in [5, 5.41) is 0. The number of piperidine rings is 1. The zero-order chi connectivity index (χ0) is 23.7. The van der Waals surface area contributed by atoms with E-state index in [2.05, 4.69) is 31.0 Å². The Bertz CT molecular complexity index is 1270. The second-order valence-corrected chi connectivity index (χ2v) is 8.84. The Balaban J connectivity index is 1.31. The standard InChI is InChI=1S/C24H31N5O4/c1-16-7-5-8-17(2)21(16)33-18-10-13-28(14-11-18)19(30)9-6-12-29-15-25-22-20(29)23(31)27(4)24(32)26(22)3/h5,7-8,15,18H,6,9-14H2,1-4H3. The van der Waals surface area contributed by atoms with Crippen molar-refractivity contribution in [3.05, 3.63) is 56.5 Å². The molecule has 2 aromatic heterocycles. The Morgan fingerprint density at radius 1 is 1.09 bits per heavy atom. The van der Waals surface area contributed by atoms with Gasteiger partial charge in [0.1, 0.15) is 11.9 Å². The SMILES string of the molecule is Cc1cccc(C)c1OC1CCN(C(=O)CCCn2cnc3c2c(=O)n(C)c(=O)n3C)CC1. The highest BCUT2D eigenvalue weighted by atomic mass is 16.5. The third kappa shape index (κ3) is 4.44. The molecule has 1 saturated heterocycles. The summed E-state index contributed by atoms with van der Waals surface area (Å²) in [7, 11) is 3.05. The van der Waals surface area contributed by atoms with Crippen LogP contribution >= 0.6 is 0 Å². The molecular formula is C24H31N5O4. The first-order chi connectivity index (χ1) is 15.8. The molecule has 1 aliphatic rings. The monoisotopic (exact) mass is 453 g/mol. The fraction of sp³-hybridized carbons (Fsp3) is 0.500. The molecule has 1 aromatic carbocycles. The van der Waals surface area contributed by atoms with Crippen LogP contribution < -0.4 is 16.0 Å². The Morgan fingerprint density at radius 2 is 1.76 bits per heavy atom. The predicted molar refractivity (Wildman–Crippen MR) is 126 cm³/mol. The zero-order valence-electron chi connectivity index (χ0n) is 19.7. The Kier molecular flexibility index (Phi) is 6.40. The molecule has 176 valence electrons. The number of aryl methyl sites for hydroxylation is 4. The van der Waals surface area contributed by atoms with Gasteiger partial charge < -0.3 is 14.2 Å². The number of para-hydroxylation sites is 1. The maximum absolute atomic E-state index is 12.7. The van der Waals surface area contributed by atoms with Crippen LogP contribution in [0, 0.1) is 13.8 Å². The molecule has 0 saturated carbocycles. The molecule has 3 heterocycles. The van der Waals surface area contributed by atoms with E-state index in [1.807, 2.05) is 11.0 Å². The van der Waals surface area contributed by atoms with Gasteiger partial charge in [-0.3, -0.25) is 18.7 Å². The van der Waals surface area contributed by atoms with Gasteiger partial charge in [0.2, 0.25) is 5.91 Å². The van der Waals surface area contributed by atoms with E-state index in [-0.39, 0.29) is 17.6 Å². The number of likely N-dealkylation sites (tertiary alicyclic amines) is 1. The zero-order valence-corrected chi connectivity index (χ0v) is 19.7. The van der Waals surface area contributed by atoms with E-state index in [1.54, 1.807) is 17.9 Å². The van der Waals surface area contributed by atoms with Crippen molar-refractivity contribution in [1.29, 1.82) is 0 Å². The number of benzene rings is 1. The van der Waals surface area contributed by atoms with Crippen molar-refractivity contribution < 1.29 is 9.53 Å². The molecule has 33 heavy (non-hydrogen) atoms. The van der Waals surface area contributed by atoms with Gasteiger partial charge in [-0.15, -0.1) is 0 Å². The second kappa shape index (κ2) is 9.25. The van der Waals surface area contributed by atoms with Crippen molar-refractivity contribution in [2.75, 3.05) is 13.1 Å². The number of aromatic nitrogens is 4. The highest BCUT2D eigenvalue weighted by Gasteiger charge is 2.24. The number of hydrogen-bond acceptors (Lipinski definition) is 5. The minimum absolute atomic E-state index is 0.116. The second-order valence-electron chi connectivity index (χ2n) is 8.84. The van der Waals surface area contributed by atoms with Crippen LogP contribution in [0.3, 0.4) is 0 Å². The van der Waals surface area contributed by atoms with Crippen LogP contribution in [0.25, 0.3) is 11.2 Å². The van der Waals surface area contributed by atoms with Crippen molar-refractivity contribution in [3.8, 4) is 5.75 Å². The highest BCUT2D eigenvalue weighted by molar-refractivity contribution is 5.76. The smallest absolute Gasteiger partial charge is 0.332 e. The van der Waals surface area contributed by atoms with E-state index >= 15 is 0 Å². The molecule has 0 unspecified atom stereocenters. The number of rotatable bonds is 6. The van der Waals surface area contributed by atoms with Gasteiger partial charge in [-0.1, -0.05) is 18.2 Å². The molecule has 1 amide bonds. The number of imidazole rings is 1. The minimum Gasteiger partial charge on any atom is -0.490 e. The molecule has 9 heteroatoms. The van der Waals surface area contributed by atoms with E-state index in [9.17, 15) is 14.4 Å². The molecule has 0 radical (unpaired) electrons. The maximum Gasteiger partial charge on any atom is 0.332 e. The summed E-state index contributed by atoms with van der Waals surface area (Å²) in [6, 6.07) is 6.14. The summed E-state index contributed by atoms with van der Waals surface area (Å²) in [5.74, 6) is 1.07. The predicted octanol–water partition coefficient (Wildman–Crippen LogP) is 1.90. The number of fused-ring (bicyclic) bond motifs is 1. The van der Waals surface area contributed by atoms with Gasteiger partial charge in [0.05, 0.1) is 6.33 Å².